The molecular weight excluding hydrogens is 460 g/mol. The van der Waals surface area contributed by atoms with Gasteiger partial charge in [0.2, 0.25) is 0 Å². The van der Waals surface area contributed by atoms with E-state index in [9.17, 15) is 9.90 Å². The molecule has 3 heterocycles. The van der Waals surface area contributed by atoms with E-state index in [1.165, 1.54) is 29.0 Å². The maximum absolute atomic E-state index is 12.7. The molecule has 0 radical (unpaired) electrons. The van der Waals surface area contributed by atoms with E-state index in [2.05, 4.69) is 61.6 Å². The van der Waals surface area contributed by atoms with Crippen molar-refractivity contribution in [1.82, 2.24) is 25.1 Å². The molecule has 3 N–H and O–H groups in total. The van der Waals surface area contributed by atoms with E-state index in [-0.39, 0.29) is 12.5 Å². The Hall–Kier alpha value is -2.20. The molecule has 1 fully saturated rings. The van der Waals surface area contributed by atoms with Gasteiger partial charge >= 0.3 is 0 Å². The number of likely N-dealkylation sites (tertiary alicyclic amines) is 1. The Balaban J connectivity index is 1.19. The fourth-order valence-corrected chi connectivity index (χ4v) is 5.46. The van der Waals surface area contributed by atoms with Gasteiger partial charge in [0.1, 0.15) is 17.8 Å². The van der Waals surface area contributed by atoms with E-state index < -0.39 is 6.10 Å². The van der Waals surface area contributed by atoms with Crippen LogP contribution in [0.5, 0.6) is 0 Å². The minimum absolute atomic E-state index is 0.193. The second kappa shape index (κ2) is 13.2. The number of piperidine rings is 1. The van der Waals surface area contributed by atoms with E-state index >= 15 is 0 Å². The first-order chi connectivity index (χ1) is 17.1. The third kappa shape index (κ3) is 7.90. The van der Waals surface area contributed by atoms with Crippen LogP contribution in [0.15, 0.2) is 36.7 Å². The first-order valence-corrected chi connectivity index (χ1v) is 13.9. The molecule has 190 valence electrons. The number of carbonyl (C=O) groups excluding carboxylic acids is 1. The maximum Gasteiger partial charge on any atom is 0.270 e. The summed E-state index contributed by atoms with van der Waals surface area (Å²) in [6.07, 6.45) is 3.91. The number of amides is 1. The molecule has 2 aliphatic heterocycles. The number of aliphatic hydroxyl groups is 1. The number of carbonyl (C=O) groups is 1. The summed E-state index contributed by atoms with van der Waals surface area (Å²) in [6.45, 7) is 7.99. The molecule has 2 aliphatic rings. The molecule has 1 saturated heterocycles. The SMILES string of the molecule is CCSCCN1CCC(Nc2cc(C(=O)NCC(O)CN3CCc4ccccc4C3)ncn2)CC1. The lowest BCUT2D eigenvalue weighted by atomic mass is 10.00. The Labute approximate surface area is 212 Å². The first kappa shape index (κ1) is 25.9. The zero-order valence-electron chi connectivity index (χ0n) is 20.7. The minimum Gasteiger partial charge on any atom is -0.390 e. The van der Waals surface area contributed by atoms with E-state index in [1.807, 2.05) is 11.8 Å². The number of hydrogen-bond donors (Lipinski definition) is 3. The summed E-state index contributed by atoms with van der Waals surface area (Å²) < 4.78 is 0. The highest BCUT2D eigenvalue weighted by Crippen LogP contribution is 2.19. The predicted octanol–water partition coefficient (Wildman–Crippen LogP) is 2.25. The van der Waals surface area contributed by atoms with Crippen LogP contribution in [0.1, 0.15) is 41.4 Å². The van der Waals surface area contributed by atoms with Gasteiger partial charge in [-0.25, -0.2) is 9.97 Å². The average Bonchev–Trinajstić information content (AvgIpc) is 2.88. The number of benzene rings is 1. The van der Waals surface area contributed by atoms with Crippen molar-refractivity contribution in [1.29, 1.82) is 0 Å². The van der Waals surface area contributed by atoms with Gasteiger partial charge in [-0.2, -0.15) is 11.8 Å². The van der Waals surface area contributed by atoms with Gasteiger partial charge in [0.15, 0.2) is 0 Å². The number of anilines is 1. The van der Waals surface area contributed by atoms with Gasteiger partial charge in [0, 0.05) is 63.7 Å². The Morgan fingerprint density at radius 3 is 2.77 bits per heavy atom. The molecule has 0 bridgehead atoms. The van der Waals surface area contributed by atoms with Crippen LogP contribution in [0.4, 0.5) is 5.82 Å². The standard InChI is InChI=1S/C26H38N6O2S/c1-2-35-14-13-31-11-8-22(9-12-31)30-25-15-24(28-19-29-25)26(34)27-16-23(33)18-32-10-7-20-5-3-4-6-21(20)17-32/h3-6,15,19,22-23,33H,2,7-14,16-18H2,1H3,(H,27,34)(H,28,29,30). The molecule has 0 saturated carbocycles. The van der Waals surface area contributed by atoms with Crippen LogP contribution in [-0.2, 0) is 13.0 Å². The fraction of sp³-hybridized carbons (Fsp3) is 0.577. The lowest BCUT2D eigenvalue weighted by Gasteiger charge is -2.32. The zero-order chi connectivity index (χ0) is 24.5. The minimum atomic E-state index is -0.635. The maximum atomic E-state index is 12.7. The number of nitrogens with zero attached hydrogens (tertiary/aromatic N) is 4. The molecule has 8 nitrogen and oxygen atoms in total. The van der Waals surface area contributed by atoms with E-state index in [0.717, 1.165) is 52.0 Å². The number of aliphatic hydroxyl groups excluding tert-OH is 1. The highest BCUT2D eigenvalue weighted by molar-refractivity contribution is 7.99. The molecule has 1 atom stereocenters. The van der Waals surface area contributed by atoms with Crippen molar-refractivity contribution in [2.45, 2.75) is 44.9 Å². The first-order valence-electron chi connectivity index (χ1n) is 12.7. The number of fused-ring (bicyclic) bond motifs is 1. The van der Waals surface area contributed by atoms with Gasteiger partial charge in [-0.15, -0.1) is 0 Å². The van der Waals surface area contributed by atoms with Crippen molar-refractivity contribution in [2.24, 2.45) is 0 Å². The van der Waals surface area contributed by atoms with Gasteiger partial charge in [-0.3, -0.25) is 9.69 Å². The summed E-state index contributed by atoms with van der Waals surface area (Å²) in [5, 5.41) is 16.8. The number of aromatic nitrogens is 2. The zero-order valence-corrected chi connectivity index (χ0v) is 21.5. The van der Waals surface area contributed by atoms with E-state index in [4.69, 9.17) is 0 Å². The second-order valence-corrected chi connectivity index (χ2v) is 10.8. The summed E-state index contributed by atoms with van der Waals surface area (Å²) >= 11 is 1.99. The molecule has 4 rings (SSSR count). The Kier molecular flexibility index (Phi) is 9.76. The van der Waals surface area contributed by atoms with Crippen molar-refractivity contribution < 1.29 is 9.90 Å². The summed E-state index contributed by atoms with van der Waals surface area (Å²) in [6, 6.07) is 10.5. The largest absolute Gasteiger partial charge is 0.390 e. The molecular formula is C26H38N6O2S. The summed E-state index contributed by atoms with van der Waals surface area (Å²) in [7, 11) is 0. The molecule has 9 heteroatoms. The van der Waals surface area contributed by atoms with Crippen molar-refractivity contribution in [2.75, 3.05) is 56.1 Å². The van der Waals surface area contributed by atoms with Crippen LogP contribution in [0.25, 0.3) is 0 Å². The molecule has 1 aromatic carbocycles. The van der Waals surface area contributed by atoms with Crippen LogP contribution in [0.2, 0.25) is 0 Å². The summed E-state index contributed by atoms with van der Waals surface area (Å²) in [5.74, 6) is 2.76. The van der Waals surface area contributed by atoms with Crippen molar-refractivity contribution in [3.8, 4) is 0 Å². The average molecular weight is 499 g/mol. The number of hydrogen-bond acceptors (Lipinski definition) is 8. The lowest BCUT2D eigenvalue weighted by Crippen LogP contribution is -2.42. The third-order valence-electron chi connectivity index (χ3n) is 6.77. The number of β-amino-alcohol motifs (C(OH)–C–C–N with tert-alkyl or cyclic N) is 1. The van der Waals surface area contributed by atoms with Gasteiger partial charge in [-0.05, 0) is 36.1 Å². The number of nitrogens with one attached hydrogen (secondary N) is 2. The smallest absolute Gasteiger partial charge is 0.270 e. The molecule has 1 unspecified atom stereocenters. The monoisotopic (exact) mass is 498 g/mol. The summed E-state index contributed by atoms with van der Waals surface area (Å²) in [5.41, 5.74) is 3.02. The molecule has 1 aromatic heterocycles. The van der Waals surface area contributed by atoms with E-state index in [0.29, 0.717) is 24.1 Å². The predicted molar refractivity (Wildman–Crippen MR) is 142 cm³/mol. The molecule has 2 aromatic rings. The van der Waals surface area contributed by atoms with Crippen LogP contribution in [-0.4, -0.2) is 93.7 Å². The highest BCUT2D eigenvalue weighted by Gasteiger charge is 2.21. The van der Waals surface area contributed by atoms with Gasteiger partial charge in [-0.1, -0.05) is 31.2 Å². The Morgan fingerprint density at radius 1 is 1.17 bits per heavy atom. The third-order valence-corrected chi connectivity index (χ3v) is 7.65. The number of rotatable bonds is 11. The van der Waals surface area contributed by atoms with Crippen LogP contribution >= 0.6 is 11.8 Å². The van der Waals surface area contributed by atoms with Crippen LogP contribution < -0.4 is 10.6 Å². The van der Waals surface area contributed by atoms with Crippen molar-refractivity contribution in [3.05, 3.63) is 53.5 Å². The molecule has 35 heavy (non-hydrogen) atoms. The summed E-state index contributed by atoms with van der Waals surface area (Å²) in [4.78, 5) is 25.9. The lowest BCUT2D eigenvalue weighted by molar-refractivity contribution is 0.0838. The molecule has 0 aliphatic carbocycles. The Bertz CT molecular complexity index is 953. The molecule has 1 amide bonds. The van der Waals surface area contributed by atoms with Crippen molar-refractivity contribution in [3.63, 3.8) is 0 Å². The van der Waals surface area contributed by atoms with Crippen LogP contribution in [0, 0.1) is 0 Å². The molecule has 0 spiro atoms. The topological polar surface area (TPSA) is 93.6 Å². The Morgan fingerprint density at radius 2 is 1.97 bits per heavy atom. The van der Waals surface area contributed by atoms with E-state index in [1.54, 1.807) is 6.07 Å². The normalized spacial score (nSPS) is 18.1. The van der Waals surface area contributed by atoms with Gasteiger partial charge in [0.05, 0.1) is 6.10 Å². The van der Waals surface area contributed by atoms with Gasteiger partial charge in [0.25, 0.3) is 5.91 Å². The highest BCUT2D eigenvalue weighted by atomic mass is 32.2. The van der Waals surface area contributed by atoms with Gasteiger partial charge < -0.3 is 20.6 Å². The van der Waals surface area contributed by atoms with Crippen molar-refractivity contribution >= 4 is 23.5 Å². The second-order valence-electron chi connectivity index (χ2n) is 9.36. The number of thioether (sulfide) groups is 1. The van der Waals surface area contributed by atoms with Crippen LogP contribution in [0.3, 0.4) is 0 Å². The quantitative estimate of drug-likeness (QED) is 0.406. The fourth-order valence-electron chi connectivity index (χ4n) is 4.78.